The Hall–Kier alpha value is -3.22. The van der Waals surface area contributed by atoms with Crippen LogP contribution < -0.4 is 10.6 Å². The second-order valence-electron chi connectivity index (χ2n) is 6.54. The summed E-state index contributed by atoms with van der Waals surface area (Å²) in [5.41, 5.74) is 1.73. The van der Waals surface area contributed by atoms with Gasteiger partial charge in [-0.1, -0.05) is 6.07 Å². The maximum absolute atomic E-state index is 12.7. The molecule has 0 unspecified atom stereocenters. The number of carbonyl (C=O) groups is 3. The maximum Gasteiger partial charge on any atom is 0.253 e. The van der Waals surface area contributed by atoms with E-state index in [1.807, 2.05) is 0 Å². The van der Waals surface area contributed by atoms with Crippen molar-refractivity contribution < 1.29 is 14.4 Å². The molecule has 3 rings (SSSR count). The number of hydrogen-bond acceptors (Lipinski definition) is 4. The van der Waals surface area contributed by atoms with Crippen LogP contribution in [0.3, 0.4) is 0 Å². The fourth-order valence-electron chi connectivity index (χ4n) is 3.11. The second kappa shape index (κ2) is 8.44. The van der Waals surface area contributed by atoms with E-state index in [9.17, 15) is 14.4 Å². The zero-order valence-electron chi connectivity index (χ0n) is 15.1. The molecule has 1 saturated heterocycles. The Bertz CT molecular complexity index is 830. The van der Waals surface area contributed by atoms with Gasteiger partial charge in [-0.2, -0.15) is 0 Å². The van der Waals surface area contributed by atoms with E-state index in [0.717, 1.165) is 0 Å². The number of carbonyl (C=O) groups excluding carboxylic acids is 3. The van der Waals surface area contributed by atoms with Gasteiger partial charge in [0.1, 0.15) is 0 Å². The largest absolute Gasteiger partial charge is 0.349 e. The second-order valence-corrected chi connectivity index (χ2v) is 6.54. The van der Waals surface area contributed by atoms with Gasteiger partial charge >= 0.3 is 0 Å². The fraction of sp³-hybridized carbons (Fsp3) is 0.300. The first-order chi connectivity index (χ1) is 13.0. The molecule has 140 valence electrons. The van der Waals surface area contributed by atoms with E-state index in [1.54, 1.807) is 53.7 Å². The van der Waals surface area contributed by atoms with Crippen LogP contribution >= 0.6 is 0 Å². The SMILES string of the molecule is CC(=O)Nc1cccc(C(=O)N2CCC(NC(=O)c3ccncc3)CC2)c1. The summed E-state index contributed by atoms with van der Waals surface area (Å²) in [5, 5.41) is 5.70. The van der Waals surface area contributed by atoms with Gasteiger partial charge < -0.3 is 15.5 Å². The molecule has 0 spiro atoms. The average Bonchev–Trinajstić information content (AvgIpc) is 2.68. The van der Waals surface area contributed by atoms with Crippen molar-refractivity contribution in [3.8, 4) is 0 Å². The Morgan fingerprint density at radius 1 is 1.04 bits per heavy atom. The number of likely N-dealkylation sites (tertiary alicyclic amines) is 1. The number of amides is 3. The fourth-order valence-corrected chi connectivity index (χ4v) is 3.11. The molecule has 2 aromatic rings. The topological polar surface area (TPSA) is 91.4 Å². The standard InChI is InChI=1S/C20H22N4O3/c1-14(25)22-18-4-2-3-16(13-18)20(27)24-11-7-17(8-12-24)23-19(26)15-5-9-21-10-6-15/h2-6,9-10,13,17H,7-8,11-12H2,1H3,(H,22,25)(H,23,26). The highest BCUT2D eigenvalue weighted by molar-refractivity contribution is 5.97. The number of benzene rings is 1. The number of nitrogens with zero attached hydrogens (tertiary/aromatic N) is 2. The van der Waals surface area contributed by atoms with Crippen LogP contribution in [-0.4, -0.2) is 46.7 Å². The molecular weight excluding hydrogens is 344 g/mol. The van der Waals surface area contributed by atoms with Gasteiger partial charge in [0, 0.05) is 55.3 Å². The van der Waals surface area contributed by atoms with E-state index in [4.69, 9.17) is 0 Å². The van der Waals surface area contributed by atoms with E-state index in [2.05, 4.69) is 15.6 Å². The molecule has 1 fully saturated rings. The Morgan fingerprint density at radius 3 is 2.41 bits per heavy atom. The van der Waals surface area contributed by atoms with E-state index >= 15 is 0 Å². The minimum Gasteiger partial charge on any atom is -0.349 e. The van der Waals surface area contributed by atoms with Gasteiger partial charge in [-0.15, -0.1) is 0 Å². The molecule has 1 aromatic carbocycles. The first-order valence-corrected chi connectivity index (χ1v) is 8.91. The maximum atomic E-state index is 12.7. The molecule has 3 amide bonds. The summed E-state index contributed by atoms with van der Waals surface area (Å²) in [6.45, 7) is 2.58. The molecule has 0 bridgehead atoms. The zero-order chi connectivity index (χ0) is 19.2. The third kappa shape index (κ3) is 4.91. The van der Waals surface area contributed by atoms with Crippen molar-refractivity contribution >= 4 is 23.4 Å². The lowest BCUT2D eigenvalue weighted by atomic mass is 10.0. The van der Waals surface area contributed by atoms with Crippen LogP contribution in [0.5, 0.6) is 0 Å². The van der Waals surface area contributed by atoms with Crippen molar-refractivity contribution in [2.45, 2.75) is 25.8 Å². The summed E-state index contributed by atoms with van der Waals surface area (Å²) < 4.78 is 0. The van der Waals surface area contributed by atoms with Gasteiger partial charge in [0.2, 0.25) is 5.91 Å². The van der Waals surface area contributed by atoms with Gasteiger partial charge in [-0.3, -0.25) is 19.4 Å². The molecular formula is C20H22N4O3. The zero-order valence-corrected chi connectivity index (χ0v) is 15.1. The Morgan fingerprint density at radius 2 is 1.74 bits per heavy atom. The number of piperidine rings is 1. The lowest BCUT2D eigenvalue weighted by molar-refractivity contribution is -0.114. The Kier molecular flexibility index (Phi) is 5.80. The molecule has 27 heavy (non-hydrogen) atoms. The third-order valence-corrected chi connectivity index (χ3v) is 4.49. The molecule has 2 heterocycles. The molecule has 7 heteroatoms. The molecule has 0 aliphatic carbocycles. The molecule has 1 aromatic heterocycles. The molecule has 0 saturated carbocycles. The molecule has 0 radical (unpaired) electrons. The van der Waals surface area contributed by atoms with Crippen LogP contribution in [0, 0.1) is 0 Å². The van der Waals surface area contributed by atoms with E-state index in [-0.39, 0.29) is 23.8 Å². The van der Waals surface area contributed by atoms with Crippen LogP contribution in [0.4, 0.5) is 5.69 Å². The first-order valence-electron chi connectivity index (χ1n) is 8.91. The highest BCUT2D eigenvalue weighted by Gasteiger charge is 2.25. The monoisotopic (exact) mass is 366 g/mol. The summed E-state index contributed by atoms with van der Waals surface area (Å²) in [4.78, 5) is 41.8. The summed E-state index contributed by atoms with van der Waals surface area (Å²) in [5.74, 6) is -0.364. The van der Waals surface area contributed by atoms with E-state index in [0.29, 0.717) is 42.7 Å². The van der Waals surface area contributed by atoms with Crippen LogP contribution in [0.2, 0.25) is 0 Å². The highest BCUT2D eigenvalue weighted by atomic mass is 16.2. The summed E-state index contributed by atoms with van der Waals surface area (Å²) in [6.07, 6.45) is 4.58. The molecule has 7 nitrogen and oxygen atoms in total. The lowest BCUT2D eigenvalue weighted by Crippen LogP contribution is -2.46. The van der Waals surface area contributed by atoms with E-state index in [1.165, 1.54) is 6.92 Å². The summed E-state index contributed by atoms with van der Waals surface area (Å²) in [7, 11) is 0. The van der Waals surface area contributed by atoms with Crippen molar-refractivity contribution in [2.24, 2.45) is 0 Å². The number of hydrogen-bond donors (Lipinski definition) is 2. The van der Waals surface area contributed by atoms with Crippen molar-refractivity contribution in [2.75, 3.05) is 18.4 Å². The number of aromatic nitrogens is 1. The third-order valence-electron chi connectivity index (χ3n) is 4.49. The first kappa shape index (κ1) is 18.6. The normalized spacial score (nSPS) is 14.5. The minimum atomic E-state index is -0.176. The van der Waals surface area contributed by atoms with Crippen LogP contribution in [0.25, 0.3) is 0 Å². The minimum absolute atomic E-state index is 0.0421. The average molecular weight is 366 g/mol. The van der Waals surface area contributed by atoms with Gasteiger partial charge in [0.25, 0.3) is 11.8 Å². The number of nitrogens with one attached hydrogen (secondary N) is 2. The van der Waals surface area contributed by atoms with Crippen LogP contribution in [0.15, 0.2) is 48.8 Å². The quantitative estimate of drug-likeness (QED) is 0.867. The van der Waals surface area contributed by atoms with Crippen molar-refractivity contribution in [3.63, 3.8) is 0 Å². The van der Waals surface area contributed by atoms with Gasteiger partial charge in [-0.25, -0.2) is 0 Å². The number of rotatable bonds is 4. The Labute approximate surface area is 157 Å². The Balaban J connectivity index is 1.55. The van der Waals surface area contributed by atoms with Crippen molar-refractivity contribution in [3.05, 3.63) is 59.9 Å². The summed E-state index contributed by atoms with van der Waals surface area (Å²) >= 11 is 0. The predicted molar refractivity (Wildman–Crippen MR) is 101 cm³/mol. The number of pyridine rings is 1. The molecule has 1 aliphatic heterocycles. The number of anilines is 1. The van der Waals surface area contributed by atoms with Gasteiger partial charge in [-0.05, 0) is 43.2 Å². The van der Waals surface area contributed by atoms with Crippen LogP contribution in [-0.2, 0) is 4.79 Å². The molecule has 2 N–H and O–H groups in total. The summed E-state index contributed by atoms with van der Waals surface area (Å²) in [6, 6.07) is 10.3. The van der Waals surface area contributed by atoms with E-state index < -0.39 is 0 Å². The van der Waals surface area contributed by atoms with Crippen LogP contribution in [0.1, 0.15) is 40.5 Å². The highest BCUT2D eigenvalue weighted by Crippen LogP contribution is 2.17. The molecule has 0 atom stereocenters. The van der Waals surface area contributed by atoms with Gasteiger partial charge in [0.05, 0.1) is 0 Å². The molecule has 1 aliphatic rings. The van der Waals surface area contributed by atoms with Crippen molar-refractivity contribution in [1.82, 2.24) is 15.2 Å². The van der Waals surface area contributed by atoms with Gasteiger partial charge in [0.15, 0.2) is 0 Å². The smallest absolute Gasteiger partial charge is 0.253 e. The predicted octanol–water partition coefficient (Wildman–Crippen LogP) is 2.07. The lowest BCUT2D eigenvalue weighted by Gasteiger charge is -2.32. The van der Waals surface area contributed by atoms with Crippen molar-refractivity contribution in [1.29, 1.82) is 0 Å².